The van der Waals surface area contributed by atoms with E-state index in [4.69, 9.17) is 5.11 Å². The Morgan fingerprint density at radius 1 is 1.25 bits per heavy atom. The molecule has 0 spiro atoms. The molecule has 5 heteroatoms. The molecule has 2 atom stereocenters. The molecule has 1 rings (SSSR count). The molecular weight excluding hydrogens is 210 g/mol. The van der Waals surface area contributed by atoms with Gasteiger partial charge in [-0.3, -0.25) is 10.1 Å². The van der Waals surface area contributed by atoms with E-state index >= 15 is 0 Å². The molecule has 16 heavy (non-hydrogen) atoms. The van der Waals surface area contributed by atoms with E-state index in [9.17, 15) is 15.0 Å². The molecule has 0 saturated heterocycles. The van der Waals surface area contributed by atoms with Crippen molar-refractivity contribution in [3.8, 4) is 11.5 Å². The van der Waals surface area contributed by atoms with Crippen LogP contribution in [-0.4, -0.2) is 27.3 Å². The summed E-state index contributed by atoms with van der Waals surface area (Å²) in [6, 6.07) is 3.19. The van der Waals surface area contributed by atoms with Crippen LogP contribution >= 0.6 is 0 Å². The molecule has 0 aliphatic rings. The summed E-state index contributed by atoms with van der Waals surface area (Å²) in [5.41, 5.74) is 0.301. The van der Waals surface area contributed by atoms with Crippen LogP contribution in [0.15, 0.2) is 18.2 Å². The average Bonchev–Trinajstić information content (AvgIpc) is 2.16. The molecule has 0 radical (unpaired) electrons. The number of rotatable bonds is 4. The standard InChI is InChI=1S/C11H15NO4/c1-6(12-7(2)11(15)16)10-8(13)4-3-5-9(10)14/h3-7,12-14H,1-2H3,(H,15,16). The largest absolute Gasteiger partial charge is 0.507 e. The second-order valence-corrected chi connectivity index (χ2v) is 3.66. The lowest BCUT2D eigenvalue weighted by atomic mass is 10.1. The van der Waals surface area contributed by atoms with Gasteiger partial charge < -0.3 is 15.3 Å². The van der Waals surface area contributed by atoms with E-state index in [2.05, 4.69) is 5.32 Å². The molecule has 0 amide bonds. The molecule has 2 unspecified atom stereocenters. The third kappa shape index (κ3) is 2.64. The first-order valence-corrected chi connectivity index (χ1v) is 4.93. The van der Waals surface area contributed by atoms with Gasteiger partial charge in [0.25, 0.3) is 0 Å². The lowest BCUT2D eigenvalue weighted by Crippen LogP contribution is -2.35. The number of nitrogens with one attached hydrogen (secondary N) is 1. The van der Waals surface area contributed by atoms with Crippen molar-refractivity contribution >= 4 is 5.97 Å². The van der Waals surface area contributed by atoms with Crippen LogP contribution in [0.25, 0.3) is 0 Å². The first kappa shape index (κ1) is 12.3. The Bertz CT molecular complexity index is 371. The number of phenols is 2. The fourth-order valence-electron chi connectivity index (χ4n) is 1.51. The predicted molar refractivity (Wildman–Crippen MR) is 58.4 cm³/mol. The molecule has 0 saturated carbocycles. The Morgan fingerprint density at radius 3 is 2.19 bits per heavy atom. The highest BCUT2D eigenvalue weighted by Gasteiger charge is 2.19. The maximum Gasteiger partial charge on any atom is 0.320 e. The first-order valence-electron chi connectivity index (χ1n) is 4.93. The number of carboxylic acids is 1. The first-order chi connectivity index (χ1) is 7.43. The van der Waals surface area contributed by atoms with Gasteiger partial charge in [0.1, 0.15) is 17.5 Å². The van der Waals surface area contributed by atoms with Gasteiger partial charge in [-0.05, 0) is 26.0 Å². The summed E-state index contributed by atoms with van der Waals surface area (Å²) in [5.74, 6) is -1.10. The number of aromatic hydroxyl groups is 2. The summed E-state index contributed by atoms with van der Waals surface area (Å²) in [5, 5.41) is 30.6. The highest BCUT2D eigenvalue weighted by molar-refractivity contribution is 5.73. The average molecular weight is 225 g/mol. The van der Waals surface area contributed by atoms with E-state index in [1.54, 1.807) is 6.92 Å². The lowest BCUT2D eigenvalue weighted by Gasteiger charge is -2.19. The number of hydrogen-bond acceptors (Lipinski definition) is 4. The van der Waals surface area contributed by atoms with Gasteiger partial charge in [0.2, 0.25) is 0 Å². The SMILES string of the molecule is CC(NC(C)c1c(O)cccc1O)C(=O)O. The quantitative estimate of drug-likeness (QED) is 0.618. The maximum atomic E-state index is 10.6. The summed E-state index contributed by atoms with van der Waals surface area (Å²) in [6.45, 7) is 3.17. The summed E-state index contributed by atoms with van der Waals surface area (Å²) >= 11 is 0. The highest BCUT2D eigenvalue weighted by atomic mass is 16.4. The van der Waals surface area contributed by atoms with Crippen molar-refractivity contribution in [2.24, 2.45) is 0 Å². The van der Waals surface area contributed by atoms with Crippen molar-refractivity contribution in [1.29, 1.82) is 0 Å². The van der Waals surface area contributed by atoms with E-state index in [0.29, 0.717) is 5.56 Å². The van der Waals surface area contributed by atoms with Crippen molar-refractivity contribution in [2.45, 2.75) is 25.9 Å². The van der Waals surface area contributed by atoms with Gasteiger partial charge in [-0.25, -0.2) is 0 Å². The maximum absolute atomic E-state index is 10.6. The van der Waals surface area contributed by atoms with Gasteiger partial charge in [0.05, 0.1) is 5.56 Å². The van der Waals surface area contributed by atoms with Gasteiger partial charge in [0, 0.05) is 6.04 Å². The summed E-state index contributed by atoms with van der Waals surface area (Å²) in [7, 11) is 0. The summed E-state index contributed by atoms with van der Waals surface area (Å²) < 4.78 is 0. The van der Waals surface area contributed by atoms with Gasteiger partial charge >= 0.3 is 5.97 Å². The highest BCUT2D eigenvalue weighted by Crippen LogP contribution is 2.32. The van der Waals surface area contributed by atoms with Crippen LogP contribution in [0.5, 0.6) is 11.5 Å². The third-order valence-corrected chi connectivity index (χ3v) is 2.36. The monoisotopic (exact) mass is 225 g/mol. The van der Waals surface area contributed by atoms with Crippen molar-refractivity contribution in [3.63, 3.8) is 0 Å². The molecule has 1 aromatic rings. The molecule has 0 bridgehead atoms. The van der Waals surface area contributed by atoms with E-state index in [-0.39, 0.29) is 11.5 Å². The number of aliphatic carboxylic acids is 1. The fourth-order valence-corrected chi connectivity index (χ4v) is 1.51. The van der Waals surface area contributed by atoms with Crippen LogP contribution in [0.4, 0.5) is 0 Å². The number of carbonyl (C=O) groups is 1. The van der Waals surface area contributed by atoms with Crippen molar-refractivity contribution in [2.75, 3.05) is 0 Å². The fraction of sp³-hybridized carbons (Fsp3) is 0.364. The Balaban J connectivity index is 2.88. The lowest BCUT2D eigenvalue weighted by molar-refractivity contribution is -0.139. The Kier molecular flexibility index (Phi) is 3.73. The van der Waals surface area contributed by atoms with E-state index in [1.165, 1.54) is 25.1 Å². The molecule has 5 nitrogen and oxygen atoms in total. The smallest absolute Gasteiger partial charge is 0.320 e. The molecular formula is C11H15NO4. The number of carboxylic acid groups (broad SMARTS) is 1. The normalized spacial score (nSPS) is 14.4. The Hall–Kier alpha value is -1.75. The van der Waals surface area contributed by atoms with Crippen molar-refractivity contribution in [1.82, 2.24) is 5.32 Å². The van der Waals surface area contributed by atoms with E-state index in [1.807, 2.05) is 0 Å². The molecule has 88 valence electrons. The Labute approximate surface area is 93.4 Å². The van der Waals surface area contributed by atoms with Crippen LogP contribution in [-0.2, 0) is 4.79 Å². The van der Waals surface area contributed by atoms with Crippen molar-refractivity contribution < 1.29 is 20.1 Å². The minimum atomic E-state index is -0.984. The van der Waals surface area contributed by atoms with Crippen LogP contribution in [0.3, 0.4) is 0 Å². The molecule has 0 aliphatic heterocycles. The summed E-state index contributed by atoms with van der Waals surface area (Å²) in [6.07, 6.45) is 0. The molecule has 0 aliphatic carbocycles. The van der Waals surface area contributed by atoms with Gasteiger partial charge in [-0.15, -0.1) is 0 Å². The zero-order chi connectivity index (χ0) is 12.3. The zero-order valence-corrected chi connectivity index (χ0v) is 9.14. The van der Waals surface area contributed by atoms with Crippen LogP contribution in [0.2, 0.25) is 0 Å². The zero-order valence-electron chi connectivity index (χ0n) is 9.14. The van der Waals surface area contributed by atoms with Gasteiger partial charge in [-0.2, -0.15) is 0 Å². The number of hydrogen-bond donors (Lipinski definition) is 4. The topological polar surface area (TPSA) is 89.8 Å². The number of benzene rings is 1. The minimum Gasteiger partial charge on any atom is -0.507 e. The molecule has 0 heterocycles. The second-order valence-electron chi connectivity index (χ2n) is 3.66. The van der Waals surface area contributed by atoms with Crippen LogP contribution in [0.1, 0.15) is 25.5 Å². The Morgan fingerprint density at radius 2 is 1.75 bits per heavy atom. The molecule has 0 aromatic heterocycles. The van der Waals surface area contributed by atoms with Crippen LogP contribution in [0, 0.1) is 0 Å². The molecule has 1 aromatic carbocycles. The number of phenolic OH excluding ortho intramolecular Hbond substituents is 2. The molecule has 4 N–H and O–H groups in total. The van der Waals surface area contributed by atoms with E-state index in [0.717, 1.165) is 0 Å². The van der Waals surface area contributed by atoms with E-state index < -0.39 is 18.1 Å². The van der Waals surface area contributed by atoms with Gasteiger partial charge in [-0.1, -0.05) is 6.07 Å². The van der Waals surface area contributed by atoms with Gasteiger partial charge in [0.15, 0.2) is 0 Å². The minimum absolute atomic E-state index is 0.0578. The predicted octanol–water partition coefficient (Wildman–Crippen LogP) is 1.22. The van der Waals surface area contributed by atoms with Crippen LogP contribution < -0.4 is 5.32 Å². The second kappa shape index (κ2) is 4.85. The third-order valence-electron chi connectivity index (χ3n) is 2.36. The molecule has 0 fully saturated rings. The van der Waals surface area contributed by atoms with Crippen molar-refractivity contribution in [3.05, 3.63) is 23.8 Å². The summed E-state index contributed by atoms with van der Waals surface area (Å²) in [4.78, 5) is 10.6.